The molecule has 0 radical (unpaired) electrons. The maximum atomic E-state index is 12.3. The lowest BCUT2D eigenvalue weighted by Crippen LogP contribution is -2.54. The molecule has 7 nitrogen and oxygen atoms in total. The molecule has 130 valence electrons. The van der Waals surface area contributed by atoms with Gasteiger partial charge in [0.05, 0.1) is 6.04 Å². The SMILES string of the molecule is C[C@@H](NC(=O)NCC1(N(C)C)CCCCCC1)c1nncn1C. The fourth-order valence-corrected chi connectivity index (χ4v) is 3.41. The van der Waals surface area contributed by atoms with Gasteiger partial charge in [-0.1, -0.05) is 25.7 Å². The third-order valence-electron chi connectivity index (χ3n) is 5.04. The van der Waals surface area contributed by atoms with E-state index in [4.69, 9.17) is 0 Å². The van der Waals surface area contributed by atoms with Gasteiger partial charge in [-0.3, -0.25) is 0 Å². The molecule has 2 N–H and O–H groups in total. The molecule has 2 rings (SSSR count). The molecule has 0 saturated heterocycles. The standard InChI is InChI=1S/C16H30N6O/c1-13(14-20-18-12-22(14)4)19-15(23)17-11-16(21(2)3)9-7-5-6-8-10-16/h12-13H,5-11H2,1-4H3,(H2,17,19,23)/t13-/m1/s1. The Balaban J connectivity index is 1.90. The first-order chi connectivity index (χ1) is 10.9. The lowest BCUT2D eigenvalue weighted by atomic mass is 9.89. The van der Waals surface area contributed by atoms with E-state index in [1.807, 2.05) is 18.5 Å². The second-order valence-corrected chi connectivity index (χ2v) is 6.88. The first-order valence-electron chi connectivity index (χ1n) is 8.50. The molecule has 1 aromatic rings. The van der Waals surface area contributed by atoms with Gasteiger partial charge in [-0.05, 0) is 33.9 Å². The van der Waals surface area contributed by atoms with Crippen LogP contribution in [-0.2, 0) is 7.05 Å². The number of nitrogens with one attached hydrogen (secondary N) is 2. The van der Waals surface area contributed by atoms with Crippen molar-refractivity contribution in [3.05, 3.63) is 12.2 Å². The fraction of sp³-hybridized carbons (Fsp3) is 0.812. The lowest BCUT2D eigenvalue weighted by Gasteiger charge is -2.39. The first-order valence-corrected chi connectivity index (χ1v) is 8.50. The number of amides is 2. The Kier molecular flexibility index (Phi) is 5.98. The van der Waals surface area contributed by atoms with Gasteiger partial charge in [0.1, 0.15) is 6.33 Å². The highest BCUT2D eigenvalue weighted by Gasteiger charge is 2.33. The van der Waals surface area contributed by atoms with E-state index >= 15 is 0 Å². The average Bonchev–Trinajstić information content (AvgIpc) is 2.79. The number of carbonyl (C=O) groups is 1. The lowest BCUT2D eigenvalue weighted by molar-refractivity contribution is 0.127. The van der Waals surface area contributed by atoms with Crippen LogP contribution in [0.25, 0.3) is 0 Å². The largest absolute Gasteiger partial charge is 0.336 e. The van der Waals surface area contributed by atoms with E-state index in [9.17, 15) is 4.79 Å². The van der Waals surface area contributed by atoms with Crippen molar-refractivity contribution in [3.8, 4) is 0 Å². The number of likely N-dealkylation sites (N-methyl/N-ethyl adjacent to an activating group) is 1. The quantitative estimate of drug-likeness (QED) is 0.811. The van der Waals surface area contributed by atoms with Crippen LogP contribution in [0.1, 0.15) is 57.3 Å². The molecule has 1 aromatic heterocycles. The predicted octanol–water partition coefficient (Wildman–Crippen LogP) is 1.83. The van der Waals surface area contributed by atoms with Gasteiger partial charge in [0.15, 0.2) is 5.82 Å². The summed E-state index contributed by atoms with van der Waals surface area (Å²) in [6.45, 7) is 2.59. The molecule has 0 aliphatic heterocycles. The predicted molar refractivity (Wildman–Crippen MR) is 90.1 cm³/mol. The third kappa shape index (κ3) is 4.43. The molecule has 0 unspecified atom stereocenters. The van der Waals surface area contributed by atoms with Gasteiger partial charge < -0.3 is 20.1 Å². The summed E-state index contributed by atoms with van der Waals surface area (Å²) in [5, 5.41) is 13.9. The van der Waals surface area contributed by atoms with Crippen LogP contribution in [0.3, 0.4) is 0 Å². The summed E-state index contributed by atoms with van der Waals surface area (Å²) in [6, 6.07) is -0.321. The van der Waals surface area contributed by atoms with Crippen LogP contribution in [0, 0.1) is 0 Å². The minimum Gasteiger partial charge on any atom is -0.336 e. The second kappa shape index (κ2) is 7.77. The summed E-state index contributed by atoms with van der Waals surface area (Å²) in [6.07, 6.45) is 8.97. The van der Waals surface area contributed by atoms with Gasteiger partial charge in [-0.15, -0.1) is 10.2 Å². The molecule has 2 amide bonds. The van der Waals surface area contributed by atoms with Crippen LogP contribution in [0.5, 0.6) is 0 Å². The van der Waals surface area contributed by atoms with E-state index in [0.29, 0.717) is 6.54 Å². The Bertz CT molecular complexity index is 504. The van der Waals surface area contributed by atoms with Crippen LogP contribution in [0.15, 0.2) is 6.33 Å². The van der Waals surface area contributed by atoms with Crippen molar-refractivity contribution in [1.82, 2.24) is 30.3 Å². The molecule has 1 saturated carbocycles. The number of rotatable bonds is 5. The van der Waals surface area contributed by atoms with Crippen LogP contribution in [-0.4, -0.2) is 51.9 Å². The highest BCUT2D eigenvalue weighted by Crippen LogP contribution is 2.30. The van der Waals surface area contributed by atoms with Crippen LogP contribution >= 0.6 is 0 Å². The Hall–Kier alpha value is -1.63. The van der Waals surface area contributed by atoms with Gasteiger partial charge in [0, 0.05) is 19.1 Å². The van der Waals surface area contributed by atoms with Gasteiger partial charge >= 0.3 is 6.03 Å². The van der Waals surface area contributed by atoms with Crippen molar-refractivity contribution in [2.24, 2.45) is 7.05 Å². The molecule has 0 spiro atoms. The zero-order valence-corrected chi connectivity index (χ0v) is 14.8. The van der Waals surface area contributed by atoms with Gasteiger partial charge in [0.25, 0.3) is 0 Å². The fourth-order valence-electron chi connectivity index (χ4n) is 3.41. The number of aryl methyl sites for hydroxylation is 1. The molecule has 1 fully saturated rings. The minimum absolute atomic E-state index is 0.0713. The van der Waals surface area contributed by atoms with E-state index < -0.39 is 0 Å². The van der Waals surface area contributed by atoms with Crippen molar-refractivity contribution in [1.29, 1.82) is 0 Å². The van der Waals surface area contributed by atoms with E-state index in [1.54, 1.807) is 6.33 Å². The smallest absolute Gasteiger partial charge is 0.315 e. The molecule has 1 atom stereocenters. The number of aromatic nitrogens is 3. The van der Waals surface area contributed by atoms with Gasteiger partial charge in [0.2, 0.25) is 0 Å². The van der Waals surface area contributed by atoms with Gasteiger partial charge in [-0.2, -0.15) is 0 Å². The minimum atomic E-state index is -0.174. The number of hydrogen-bond acceptors (Lipinski definition) is 4. The number of carbonyl (C=O) groups excluding carboxylic acids is 1. The van der Waals surface area contributed by atoms with Crippen molar-refractivity contribution < 1.29 is 4.79 Å². The zero-order valence-electron chi connectivity index (χ0n) is 14.8. The number of urea groups is 1. The van der Waals surface area contributed by atoms with Gasteiger partial charge in [-0.25, -0.2) is 4.79 Å². The highest BCUT2D eigenvalue weighted by atomic mass is 16.2. The number of nitrogens with zero attached hydrogens (tertiary/aromatic N) is 4. The van der Waals surface area contributed by atoms with Crippen LogP contribution < -0.4 is 10.6 Å². The maximum absolute atomic E-state index is 12.3. The molecule has 1 heterocycles. The highest BCUT2D eigenvalue weighted by molar-refractivity contribution is 5.74. The van der Waals surface area contributed by atoms with E-state index in [-0.39, 0.29) is 17.6 Å². The molecular weight excluding hydrogens is 292 g/mol. The average molecular weight is 322 g/mol. The van der Waals surface area contributed by atoms with Crippen molar-refractivity contribution in [2.75, 3.05) is 20.6 Å². The van der Waals surface area contributed by atoms with E-state index in [0.717, 1.165) is 18.7 Å². The summed E-state index contributed by atoms with van der Waals surface area (Å²) < 4.78 is 1.82. The molecule has 0 bridgehead atoms. The summed E-state index contributed by atoms with van der Waals surface area (Å²) >= 11 is 0. The Labute approximate surface area is 138 Å². The van der Waals surface area contributed by atoms with E-state index in [2.05, 4.69) is 39.8 Å². The topological polar surface area (TPSA) is 75.1 Å². The van der Waals surface area contributed by atoms with E-state index in [1.165, 1.54) is 25.7 Å². The molecule has 1 aliphatic carbocycles. The molecular formula is C16H30N6O. The molecule has 7 heteroatoms. The van der Waals surface area contributed by atoms with Crippen LogP contribution in [0.2, 0.25) is 0 Å². The zero-order chi connectivity index (χ0) is 16.9. The number of hydrogen-bond donors (Lipinski definition) is 2. The monoisotopic (exact) mass is 322 g/mol. The summed E-state index contributed by atoms with van der Waals surface area (Å²) in [7, 11) is 6.11. The third-order valence-corrected chi connectivity index (χ3v) is 5.04. The Morgan fingerprint density at radius 1 is 1.35 bits per heavy atom. The Morgan fingerprint density at radius 2 is 2.00 bits per heavy atom. The van der Waals surface area contributed by atoms with Crippen LogP contribution in [0.4, 0.5) is 4.79 Å². The first kappa shape index (κ1) is 17.7. The molecule has 1 aliphatic rings. The second-order valence-electron chi connectivity index (χ2n) is 6.88. The van der Waals surface area contributed by atoms with Crippen molar-refractivity contribution >= 4 is 6.03 Å². The maximum Gasteiger partial charge on any atom is 0.315 e. The summed E-state index contributed by atoms with van der Waals surface area (Å²) in [5.41, 5.74) is 0.0713. The molecule has 23 heavy (non-hydrogen) atoms. The van der Waals surface area contributed by atoms with Crippen molar-refractivity contribution in [2.45, 2.75) is 57.0 Å². The van der Waals surface area contributed by atoms with Crippen molar-refractivity contribution in [3.63, 3.8) is 0 Å². The normalized spacial score (nSPS) is 19.2. The Morgan fingerprint density at radius 3 is 2.52 bits per heavy atom. The summed E-state index contributed by atoms with van der Waals surface area (Å²) in [5.74, 6) is 0.747. The summed E-state index contributed by atoms with van der Waals surface area (Å²) in [4.78, 5) is 14.5. The molecule has 0 aromatic carbocycles.